The smallest absolute Gasteiger partial charge is 0.291 e. The summed E-state index contributed by atoms with van der Waals surface area (Å²) in [5, 5.41) is 24.9. The first kappa shape index (κ1) is 85.1. The minimum absolute atomic E-state index is 0.00376. The number of rotatable bonds is 48. The number of fused-ring (bicyclic) bond motifs is 2. The molecule has 0 spiro atoms. The minimum Gasteiger partial charge on any atom is -0.486 e. The molecule has 114 heavy (non-hydrogen) atoms. The first-order chi connectivity index (χ1) is 55.2. The third-order valence-electron chi connectivity index (χ3n) is 18.0. The number of amides is 8. The number of nitrogens with one attached hydrogen (secondary N) is 10. The second kappa shape index (κ2) is 43.6. The van der Waals surface area contributed by atoms with E-state index in [1.165, 1.54) is 60.8 Å². The molecule has 40 heteroatoms. The molecular formula is C74H101N21O19. The molecule has 10 rings (SSSR count). The van der Waals surface area contributed by atoms with Crippen LogP contribution >= 0.6 is 0 Å². The summed E-state index contributed by atoms with van der Waals surface area (Å²) in [6, 6.07) is 10.9. The molecular weight excluding hydrogens is 1490 g/mol. The van der Waals surface area contributed by atoms with E-state index in [0.29, 0.717) is 135 Å². The molecule has 0 radical (unpaired) electrons. The summed E-state index contributed by atoms with van der Waals surface area (Å²) < 4.78 is 65.8. The van der Waals surface area contributed by atoms with E-state index < -0.39 is 41.4 Å². The van der Waals surface area contributed by atoms with Crippen LogP contribution in [0.25, 0.3) is 11.0 Å². The van der Waals surface area contributed by atoms with E-state index >= 15 is 0 Å². The second-order valence-corrected chi connectivity index (χ2v) is 26.7. The SMILES string of the molecule is Cn1cc(NC(=O)c2nc(NC(=O)CCNC(=O)c3cc(NC(=O)c4nccn4C)cn3C)cn2C)cc1C(=O)NCCC(=O)Nc1cn(C)c(C(=O)NCCC(=O)NCCOCCOCCOCCOCCOCCOCCOCCOCCN2C[C@H](Nc3nc4cc[nH]c4c(=O)n3C)C[C@H](c3ccc4c(c3)OCCO4)C2)n1. The quantitative estimate of drug-likeness (QED) is 0.0240. The normalized spacial score (nSPS) is 14.0. The van der Waals surface area contributed by atoms with Crippen molar-refractivity contribution in [1.29, 1.82) is 0 Å². The van der Waals surface area contributed by atoms with Gasteiger partial charge in [-0.05, 0) is 48.2 Å². The van der Waals surface area contributed by atoms with Crippen molar-refractivity contribution >= 4 is 87.2 Å². The lowest BCUT2D eigenvalue weighted by molar-refractivity contribution is -0.121. The van der Waals surface area contributed by atoms with Gasteiger partial charge in [-0.3, -0.25) is 52.6 Å². The van der Waals surface area contributed by atoms with E-state index in [0.717, 1.165) is 37.6 Å². The van der Waals surface area contributed by atoms with Crippen molar-refractivity contribution < 1.29 is 85.7 Å². The standard InChI is InChI=1S/C74H101N21O19/c1-89-19-17-77-65(89)71(102)81-52-41-55(90(2)44-52)68(99)78-16-12-63(98)86-60-48-93(5)67(88-60)72(103)82-53-42-56(91(3)45-53)69(100)79-15-11-62(97)85-59-47-92(4)66(87-59)70(101)80-14-10-61(96)75-18-21-105-23-25-107-27-29-109-31-33-111-35-36-112-34-32-110-30-28-108-26-24-106-22-20-95-43-50(49-7-8-57-58(40-49)114-38-37-113-57)39-51(46-95)83-74-84-54-9-13-76-64(54)73(104)94(74)6/h7-9,13,17,19,40-42,44-45,47-48,50-51,76H,10-12,14-16,18,20-39,43,46H2,1-6H3,(H,75,96)(H,78,99)(H,79,100)(H,80,101)(H,81,102)(H,82,103)(H,83,84)(H,85,97)(H,86,98)/t50-,51+/m0/s1. The number of benzene rings is 1. The van der Waals surface area contributed by atoms with Gasteiger partial charge in [0.15, 0.2) is 29.0 Å². The summed E-state index contributed by atoms with van der Waals surface area (Å²) >= 11 is 0. The van der Waals surface area contributed by atoms with E-state index in [4.69, 9.17) is 52.4 Å². The van der Waals surface area contributed by atoms with Crippen molar-refractivity contribution in [2.75, 3.05) is 191 Å². The van der Waals surface area contributed by atoms with Crippen molar-refractivity contribution in [2.45, 2.75) is 37.6 Å². The molecule has 0 aliphatic carbocycles. The van der Waals surface area contributed by atoms with Crippen LogP contribution in [0, 0.1) is 0 Å². The van der Waals surface area contributed by atoms with Crippen molar-refractivity contribution in [3.63, 3.8) is 0 Å². The lowest BCUT2D eigenvalue weighted by Gasteiger charge is -2.39. The third-order valence-corrected chi connectivity index (χ3v) is 18.0. The number of hydrogen-bond acceptors (Lipinski definition) is 25. The number of anilines is 5. The summed E-state index contributed by atoms with van der Waals surface area (Å²) in [6.45, 7) is 10.0. The van der Waals surface area contributed by atoms with Crippen molar-refractivity contribution in [2.24, 2.45) is 42.3 Å². The van der Waals surface area contributed by atoms with E-state index in [1.807, 2.05) is 6.07 Å². The zero-order valence-corrected chi connectivity index (χ0v) is 64.8. The first-order valence-corrected chi connectivity index (χ1v) is 37.5. The Hall–Kier alpha value is -11.4. The molecule has 8 amide bonds. The maximum atomic E-state index is 13.3. The van der Waals surface area contributed by atoms with Gasteiger partial charge in [0.1, 0.15) is 30.1 Å². The van der Waals surface area contributed by atoms with Gasteiger partial charge in [0.2, 0.25) is 35.3 Å². The van der Waals surface area contributed by atoms with Crippen LogP contribution in [0.1, 0.15) is 90.0 Å². The monoisotopic (exact) mass is 1590 g/mol. The van der Waals surface area contributed by atoms with Crippen LogP contribution in [0.5, 0.6) is 11.5 Å². The number of imidazole rings is 3. The summed E-state index contributed by atoms with van der Waals surface area (Å²) in [7, 11) is 9.78. The van der Waals surface area contributed by atoms with Gasteiger partial charge in [0, 0.05) is 157 Å². The molecule has 40 nitrogen and oxygen atoms in total. The number of H-pyrrole nitrogens is 1. The number of aryl methyl sites for hydroxylation is 5. The summed E-state index contributed by atoms with van der Waals surface area (Å²) in [5.41, 5.74) is 3.20. The fraction of sp³-hybridized carbons (Fsp3) is 0.500. The number of carbonyl (C=O) groups excluding carboxylic acids is 8. The molecule has 8 aromatic rings. The highest BCUT2D eigenvalue weighted by molar-refractivity contribution is 6.05. The summed E-state index contributed by atoms with van der Waals surface area (Å²) in [4.78, 5) is 139. The van der Waals surface area contributed by atoms with Crippen LogP contribution in [-0.4, -0.2) is 275 Å². The second-order valence-electron chi connectivity index (χ2n) is 26.7. The predicted octanol–water partition coefficient (Wildman–Crippen LogP) is 1.27. The lowest BCUT2D eigenvalue weighted by atomic mass is 9.87. The zero-order chi connectivity index (χ0) is 80.7. The number of nitrogens with zero attached hydrogens (tertiary/aromatic N) is 11. The van der Waals surface area contributed by atoms with Crippen LogP contribution in [0.15, 0.2) is 84.6 Å². The minimum atomic E-state index is -0.639. The molecule has 2 aliphatic rings. The molecule has 10 N–H and O–H groups in total. The van der Waals surface area contributed by atoms with Gasteiger partial charge >= 0.3 is 0 Å². The molecule has 1 aromatic carbocycles. The number of aromatic amines is 1. The number of likely N-dealkylation sites (tertiary alicyclic amines) is 1. The molecule has 2 aliphatic heterocycles. The molecule has 616 valence electrons. The molecule has 1 fully saturated rings. The maximum absolute atomic E-state index is 13.3. The fourth-order valence-corrected chi connectivity index (χ4v) is 12.3. The molecule has 0 saturated carbocycles. The lowest BCUT2D eigenvalue weighted by Crippen LogP contribution is -2.47. The van der Waals surface area contributed by atoms with Crippen molar-refractivity contribution in [3.8, 4) is 11.5 Å². The Morgan fingerprint density at radius 3 is 1.51 bits per heavy atom. The van der Waals surface area contributed by atoms with Crippen LogP contribution < -0.4 is 62.9 Å². The Labute approximate surface area is 656 Å². The Morgan fingerprint density at radius 1 is 0.482 bits per heavy atom. The number of carbonyl (C=O) groups is 8. The van der Waals surface area contributed by atoms with Gasteiger partial charge in [-0.2, -0.15) is 0 Å². The Balaban J connectivity index is 0.476. The van der Waals surface area contributed by atoms with Crippen LogP contribution in [0.2, 0.25) is 0 Å². The molecule has 9 heterocycles. The van der Waals surface area contributed by atoms with Crippen molar-refractivity contribution in [3.05, 3.63) is 125 Å². The summed E-state index contributed by atoms with van der Waals surface area (Å²) in [5.74, 6) is -1.38. The highest BCUT2D eigenvalue weighted by Crippen LogP contribution is 2.36. The van der Waals surface area contributed by atoms with Gasteiger partial charge < -0.3 is 123 Å². The van der Waals surface area contributed by atoms with Crippen molar-refractivity contribution in [1.82, 2.24) is 78.5 Å². The molecule has 1 saturated heterocycles. The average molecular weight is 1590 g/mol. The van der Waals surface area contributed by atoms with E-state index in [9.17, 15) is 43.2 Å². The van der Waals surface area contributed by atoms with Crippen LogP contribution in [0.3, 0.4) is 0 Å². The van der Waals surface area contributed by atoms with Crippen LogP contribution in [0.4, 0.5) is 29.0 Å². The number of aromatic nitrogens is 11. The molecule has 0 unspecified atom stereocenters. The fourth-order valence-electron chi connectivity index (χ4n) is 12.3. The molecule has 7 aromatic heterocycles. The van der Waals surface area contributed by atoms with E-state index in [2.05, 4.69) is 84.8 Å². The maximum Gasteiger partial charge on any atom is 0.291 e. The largest absolute Gasteiger partial charge is 0.486 e. The van der Waals surface area contributed by atoms with E-state index in [-0.39, 0.29) is 122 Å². The summed E-state index contributed by atoms with van der Waals surface area (Å²) in [6.07, 6.45) is 11.4. The number of piperidine rings is 1. The molecule has 2 atom stereocenters. The molecule has 0 bridgehead atoms. The topological polar surface area (TPSA) is 454 Å². The number of ether oxygens (including phenoxy) is 10. The van der Waals surface area contributed by atoms with Gasteiger partial charge in [-0.15, -0.1) is 0 Å². The third kappa shape index (κ3) is 25.8. The van der Waals surface area contributed by atoms with E-state index in [1.54, 1.807) is 76.1 Å². The van der Waals surface area contributed by atoms with Gasteiger partial charge in [-0.1, -0.05) is 6.07 Å². The highest BCUT2D eigenvalue weighted by Gasteiger charge is 2.31. The van der Waals surface area contributed by atoms with Gasteiger partial charge in [0.05, 0.1) is 123 Å². The Morgan fingerprint density at radius 2 is 0.974 bits per heavy atom. The van der Waals surface area contributed by atoms with Gasteiger partial charge in [-0.25, -0.2) is 19.9 Å². The van der Waals surface area contributed by atoms with Crippen LogP contribution in [-0.2, 0) is 94.6 Å². The number of hydrogen-bond donors (Lipinski definition) is 10. The average Bonchev–Trinajstić information content (AvgIpc) is 1.33. The van der Waals surface area contributed by atoms with Gasteiger partial charge in [0.25, 0.3) is 35.1 Å². The first-order valence-electron chi connectivity index (χ1n) is 37.5. The Bertz CT molecular complexity index is 4590. The highest BCUT2D eigenvalue weighted by atomic mass is 16.6. The Kier molecular flexibility index (Phi) is 32.5. The predicted molar refractivity (Wildman–Crippen MR) is 414 cm³/mol. The zero-order valence-electron chi connectivity index (χ0n) is 64.8.